The van der Waals surface area contributed by atoms with Crippen LogP contribution in [0.1, 0.15) is 174 Å². The van der Waals surface area contributed by atoms with E-state index < -0.39 is 11.9 Å². The molecule has 0 saturated carbocycles. The lowest BCUT2D eigenvalue weighted by molar-refractivity contribution is -0.137. The SMILES string of the molecule is CC(=O)CC[C@H](CC(=O)COCC(=O)CCCCOCCCCOCCCNC(=O)CCCCCCCCCCCCCCCCC(=O)O)C(C)=O. The Balaban J connectivity index is 3.39. The molecule has 1 amide bonds. The number of carbonyl (C=O) groups is 6. The van der Waals surface area contributed by atoms with Gasteiger partial charge in [-0.3, -0.25) is 24.0 Å². The minimum absolute atomic E-state index is 0.0130. The molecule has 0 aromatic heterocycles. The molecule has 0 aromatic rings. The smallest absolute Gasteiger partial charge is 0.303 e. The summed E-state index contributed by atoms with van der Waals surface area (Å²) in [6.07, 6.45) is 22.5. The zero-order chi connectivity index (χ0) is 38.5. The highest BCUT2D eigenvalue weighted by atomic mass is 16.5. The topological polar surface area (TPSA) is 162 Å². The number of rotatable bonds is 41. The molecule has 52 heavy (non-hydrogen) atoms. The quantitative estimate of drug-likeness (QED) is 0.0589. The van der Waals surface area contributed by atoms with Crippen molar-refractivity contribution in [3.05, 3.63) is 0 Å². The van der Waals surface area contributed by atoms with E-state index in [1.54, 1.807) is 0 Å². The molecule has 0 spiro atoms. The van der Waals surface area contributed by atoms with Crippen LogP contribution in [0, 0.1) is 5.92 Å². The molecule has 0 aliphatic carbocycles. The summed E-state index contributed by atoms with van der Waals surface area (Å²) in [5, 5.41) is 11.6. The maximum atomic E-state index is 12.1. The normalized spacial score (nSPS) is 11.7. The minimum atomic E-state index is -0.687. The second kappa shape index (κ2) is 36.8. The Bertz CT molecular complexity index is 954. The number of unbranched alkanes of at least 4 members (excludes halogenated alkanes) is 15. The van der Waals surface area contributed by atoms with Gasteiger partial charge in [0, 0.05) is 71.0 Å². The van der Waals surface area contributed by atoms with Crippen LogP contribution in [0.3, 0.4) is 0 Å². The summed E-state index contributed by atoms with van der Waals surface area (Å²) in [5.74, 6) is -1.47. The number of carboxylic acids is 1. The molecule has 0 aromatic carbocycles. The van der Waals surface area contributed by atoms with E-state index in [2.05, 4.69) is 5.32 Å². The number of aliphatic carboxylic acids is 1. The predicted molar refractivity (Wildman–Crippen MR) is 203 cm³/mol. The summed E-state index contributed by atoms with van der Waals surface area (Å²) < 4.78 is 16.5. The maximum Gasteiger partial charge on any atom is 0.303 e. The Hall–Kier alpha value is -2.50. The van der Waals surface area contributed by atoms with Crippen LogP contribution in [0.15, 0.2) is 0 Å². The van der Waals surface area contributed by atoms with Gasteiger partial charge in [0.1, 0.15) is 24.8 Å². The molecular weight excluding hydrogens is 666 g/mol. The van der Waals surface area contributed by atoms with Gasteiger partial charge in [-0.2, -0.15) is 0 Å². The van der Waals surface area contributed by atoms with Gasteiger partial charge in [-0.25, -0.2) is 0 Å². The molecule has 2 N–H and O–H groups in total. The van der Waals surface area contributed by atoms with Gasteiger partial charge in [0.15, 0.2) is 11.6 Å². The third-order valence-electron chi connectivity index (χ3n) is 9.07. The lowest BCUT2D eigenvalue weighted by atomic mass is 9.93. The number of ether oxygens (including phenoxy) is 3. The van der Waals surface area contributed by atoms with E-state index in [9.17, 15) is 28.8 Å². The van der Waals surface area contributed by atoms with E-state index in [0.29, 0.717) is 65.1 Å². The van der Waals surface area contributed by atoms with E-state index in [-0.39, 0.29) is 55.1 Å². The average molecular weight is 740 g/mol. The summed E-state index contributed by atoms with van der Waals surface area (Å²) in [4.78, 5) is 69.5. The fourth-order valence-corrected chi connectivity index (χ4v) is 5.82. The van der Waals surface area contributed by atoms with E-state index in [1.165, 1.54) is 71.6 Å². The van der Waals surface area contributed by atoms with Gasteiger partial charge in [0.05, 0.1) is 0 Å². The number of nitrogens with one attached hydrogen (secondary N) is 1. The van der Waals surface area contributed by atoms with E-state index >= 15 is 0 Å². The molecule has 0 fully saturated rings. The van der Waals surface area contributed by atoms with Crippen LogP contribution < -0.4 is 5.32 Å². The van der Waals surface area contributed by atoms with Gasteiger partial charge in [-0.15, -0.1) is 0 Å². The summed E-state index contributed by atoms with van der Waals surface area (Å²) in [7, 11) is 0. The summed E-state index contributed by atoms with van der Waals surface area (Å²) in [6.45, 7) is 5.72. The Morgan fingerprint density at radius 3 is 1.44 bits per heavy atom. The first kappa shape index (κ1) is 49.5. The van der Waals surface area contributed by atoms with Crippen LogP contribution in [0.4, 0.5) is 0 Å². The van der Waals surface area contributed by atoms with Crippen molar-refractivity contribution in [3.8, 4) is 0 Å². The fraction of sp³-hybridized carbons (Fsp3) is 0.854. The van der Waals surface area contributed by atoms with Crippen molar-refractivity contribution >= 4 is 35.0 Å². The summed E-state index contributed by atoms with van der Waals surface area (Å²) in [6, 6.07) is 0. The molecule has 302 valence electrons. The van der Waals surface area contributed by atoms with Crippen molar-refractivity contribution in [2.45, 2.75) is 174 Å². The molecular formula is C41H73NO10. The third-order valence-corrected chi connectivity index (χ3v) is 9.07. The fourth-order valence-electron chi connectivity index (χ4n) is 5.82. The maximum absolute atomic E-state index is 12.1. The zero-order valence-electron chi connectivity index (χ0n) is 32.8. The van der Waals surface area contributed by atoms with Crippen molar-refractivity contribution in [2.24, 2.45) is 5.92 Å². The largest absolute Gasteiger partial charge is 0.481 e. The van der Waals surface area contributed by atoms with Crippen molar-refractivity contribution in [3.63, 3.8) is 0 Å². The molecule has 0 rings (SSSR count). The third kappa shape index (κ3) is 37.3. The summed E-state index contributed by atoms with van der Waals surface area (Å²) in [5.41, 5.74) is 0. The standard InChI is InChI=1S/C41H73NO10/c1-35(43)25-26-37(36(2)44)32-39(46)34-52-33-38(45)22-17-18-28-50-29-19-20-30-51-31-21-27-42-40(47)23-15-13-11-9-7-5-3-4-6-8-10-12-14-16-24-41(48)49/h37H,3-34H2,1-2H3,(H,42,47)(H,48,49)/t37-/m1/s1. The lowest BCUT2D eigenvalue weighted by Crippen LogP contribution is -2.24. The molecule has 1 atom stereocenters. The highest BCUT2D eigenvalue weighted by Crippen LogP contribution is 2.15. The number of carboxylic acid groups (broad SMARTS) is 1. The Morgan fingerprint density at radius 2 is 0.942 bits per heavy atom. The molecule has 0 heterocycles. The molecule has 0 unspecified atom stereocenters. The molecule has 11 nitrogen and oxygen atoms in total. The van der Waals surface area contributed by atoms with E-state index in [1.807, 2.05) is 0 Å². The number of Topliss-reactive ketones (excluding diaryl/α,β-unsaturated/α-hetero) is 4. The number of carbonyl (C=O) groups excluding carboxylic acids is 5. The van der Waals surface area contributed by atoms with Crippen LogP contribution in [-0.2, 0) is 43.0 Å². The van der Waals surface area contributed by atoms with Crippen LogP contribution in [-0.4, -0.2) is 86.3 Å². The van der Waals surface area contributed by atoms with Gasteiger partial charge in [-0.1, -0.05) is 77.0 Å². The Morgan fingerprint density at radius 1 is 0.500 bits per heavy atom. The number of ketones is 4. The van der Waals surface area contributed by atoms with E-state index in [4.69, 9.17) is 19.3 Å². The number of hydrogen-bond donors (Lipinski definition) is 2. The highest BCUT2D eigenvalue weighted by molar-refractivity contribution is 5.88. The van der Waals surface area contributed by atoms with Crippen LogP contribution in [0.2, 0.25) is 0 Å². The van der Waals surface area contributed by atoms with Gasteiger partial charge in [0.25, 0.3) is 0 Å². The molecule has 0 aliphatic rings. The van der Waals surface area contributed by atoms with Crippen LogP contribution in [0.25, 0.3) is 0 Å². The molecule has 11 heteroatoms. The predicted octanol–water partition coefficient (Wildman–Crippen LogP) is 7.92. The first-order valence-electron chi connectivity index (χ1n) is 20.4. The molecule has 0 saturated heterocycles. The van der Waals surface area contributed by atoms with E-state index in [0.717, 1.165) is 57.8 Å². The van der Waals surface area contributed by atoms with Gasteiger partial charge in [0.2, 0.25) is 5.91 Å². The summed E-state index contributed by atoms with van der Waals surface area (Å²) >= 11 is 0. The minimum Gasteiger partial charge on any atom is -0.481 e. The van der Waals surface area contributed by atoms with Crippen molar-refractivity contribution in [2.75, 3.05) is 46.2 Å². The Labute approximate surface area is 314 Å². The Kier molecular flexibility index (Phi) is 35.1. The van der Waals surface area contributed by atoms with Gasteiger partial charge in [-0.05, 0) is 65.2 Å². The van der Waals surface area contributed by atoms with Crippen LogP contribution >= 0.6 is 0 Å². The van der Waals surface area contributed by atoms with Crippen molar-refractivity contribution in [1.29, 1.82) is 0 Å². The van der Waals surface area contributed by atoms with Gasteiger partial charge < -0.3 is 29.4 Å². The first-order chi connectivity index (χ1) is 25.1. The second-order valence-corrected chi connectivity index (χ2v) is 14.3. The molecule has 0 radical (unpaired) electrons. The number of amides is 1. The average Bonchev–Trinajstić information content (AvgIpc) is 3.09. The van der Waals surface area contributed by atoms with Crippen LogP contribution in [0.5, 0.6) is 0 Å². The second-order valence-electron chi connectivity index (χ2n) is 14.3. The zero-order valence-corrected chi connectivity index (χ0v) is 32.8. The highest BCUT2D eigenvalue weighted by Gasteiger charge is 2.19. The molecule has 0 bridgehead atoms. The lowest BCUT2D eigenvalue weighted by Gasteiger charge is -2.12. The first-order valence-corrected chi connectivity index (χ1v) is 20.4. The number of hydrogen-bond acceptors (Lipinski definition) is 9. The monoisotopic (exact) mass is 740 g/mol. The van der Waals surface area contributed by atoms with Crippen molar-refractivity contribution < 1.29 is 48.1 Å². The van der Waals surface area contributed by atoms with Crippen molar-refractivity contribution in [1.82, 2.24) is 5.32 Å². The molecule has 0 aliphatic heterocycles. The van der Waals surface area contributed by atoms with Gasteiger partial charge >= 0.3 is 5.97 Å².